The summed E-state index contributed by atoms with van der Waals surface area (Å²) in [6.07, 6.45) is 0. The molecule has 0 bridgehead atoms. The van der Waals surface area contributed by atoms with Crippen molar-refractivity contribution < 1.29 is 0 Å². The highest BCUT2D eigenvalue weighted by molar-refractivity contribution is 5.30. The van der Waals surface area contributed by atoms with Gasteiger partial charge in [-0.15, -0.1) is 0 Å². The standard InChI is InChI=1S/C14H23N/c1-11-6-7-13(12(2)8-11)9-15-10-14(3,4)5/h6-8,15H,9-10H2,1-5H3. The molecule has 0 amide bonds. The smallest absolute Gasteiger partial charge is 0.0208 e. The van der Waals surface area contributed by atoms with Crippen molar-refractivity contribution in [3.63, 3.8) is 0 Å². The average molecular weight is 205 g/mol. The van der Waals surface area contributed by atoms with Gasteiger partial charge in [0.05, 0.1) is 0 Å². The van der Waals surface area contributed by atoms with E-state index >= 15 is 0 Å². The molecule has 0 atom stereocenters. The number of rotatable bonds is 3. The largest absolute Gasteiger partial charge is 0.312 e. The lowest BCUT2D eigenvalue weighted by Crippen LogP contribution is -2.26. The minimum Gasteiger partial charge on any atom is -0.312 e. The molecular formula is C14H23N. The van der Waals surface area contributed by atoms with Crippen LogP contribution in [0, 0.1) is 19.3 Å². The maximum atomic E-state index is 3.50. The molecule has 0 heterocycles. The summed E-state index contributed by atoms with van der Waals surface area (Å²) < 4.78 is 0. The van der Waals surface area contributed by atoms with Crippen LogP contribution >= 0.6 is 0 Å². The summed E-state index contributed by atoms with van der Waals surface area (Å²) in [6.45, 7) is 13.1. The van der Waals surface area contributed by atoms with E-state index in [1.165, 1.54) is 16.7 Å². The Balaban J connectivity index is 2.51. The van der Waals surface area contributed by atoms with Gasteiger partial charge in [0.2, 0.25) is 0 Å². The summed E-state index contributed by atoms with van der Waals surface area (Å²) in [6, 6.07) is 6.65. The molecular weight excluding hydrogens is 182 g/mol. The maximum Gasteiger partial charge on any atom is 0.0208 e. The molecule has 0 spiro atoms. The van der Waals surface area contributed by atoms with Crippen molar-refractivity contribution in [2.24, 2.45) is 5.41 Å². The monoisotopic (exact) mass is 205 g/mol. The fourth-order valence-corrected chi connectivity index (χ4v) is 1.62. The Bertz CT molecular complexity index is 321. The Morgan fingerprint density at radius 2 is 1.80 bits per heavy atom. The minimum atomic E-state index is 0.360. The summed E-state index contributed by atoms with van der Waals surface area (Å²) >= 11 is 0. The molecule has 0 aliphatic heterocycles. The Morgan fingerprint density at radius 3 is 2.33 bits per heavy atom. The van der Waals surface area contributed by atoms with E-state index in [4.69, 9.17) is 0 Å². The fourth-order valence-electron chi connectivity index (χ4n) is 1.62. The molecule has 0 saturated heterocycles. The van der Waals surface area contributed by atoms with Gasteiger partial charge in [0.25, 0.3) is 0 Å². The topological polar surface area (TPSA) is 12.0 Å². The summed E-state index contributed by atoms with van der Waals surface area (Å²) in [7, 11) is 0. The second kappa shape index (κ2) is 4.80. The highest BCUT2D eigenvalue weighted by Crippen LogP contribution is 2.13. The van der Waals surface area contributed by atoms with Crippen molar-refractivity contribution >= 4 is 0 Å². The first-order valence-electron chi connectivity index (χ1n) is 5.65. The highest BCUT2D eigenvalue weighted by atomic mass is 14.9. The number of aryl methyl sites for hydroxylation is 2. The van der Waals surface area contributed by atoms with Gasteiger partial charge in [0, 0.05) is 13.1 Å². The molecule has 84 valence electrons. The van der Waals surface area contributed by atoms with Crippen LogP contribution in [0.25, 0.3) is 0 Å². The highest BCUT2D eigenvalue weighted by Gasteiger charge is 2.09. The van der Waals surface area contributed by atoms with Crippen LogP contribution < -0.4 is 5.32 Å². The van der Waals surface area contributed by atoms with E-state index in [1.54, 1.807) is 0 Å². The van der Waals surface area contributed by atoms with E-state index in [1.807, 2.05) is 0 Å². The molecule has 0 aliphatic rings. The van der Waals surface area contributed by atoms with Crippen LogP contribution in [0.2, 0.25) is 0 Å². The van der Waals surface area contributed by atoms with E-state index in [9.17, 15) is 0 Å². The van der Waals surface area contributed by atoms with Crippen molar-refractivity contribution in [2.75, 3.05) is 6.54 Å². The van der Waals surface area contributed by atoms with Gasteiger partial charge in [-0.05, 0) is 30.4 Å². The molecule has 1 rings (SSSR count). The van der Waals surface area contributed by atoms with Crippen molar-refractivity contribution in [3.05, 3.63) is 34.9 Å². The molecule has 0 saturated carbocycles. The number of benzene rings is 1. The Kier molecular flexibility index (Phi) is 3.92. The molecule has 1 N–H and O–H groups in total. The van der Waals surface area contributed by atoms with Crippen LogP contribution in [0.1, 0.15) is 37.5 Å². The van der Waals surface area contributed by atoms with Crippen molar-refractivity contribution in [1.29, 1.82) is 0 Å². The summed E-state index contributed by atoms with van der Waals surface area (Å²) in [5.41, 5.74) is 4.49. The first-order valence-corrected chi connectivity index (χ1v) is 5.65. The first-order chi connectivity index (χ1) is 6.88. The zero-order chi connectivity index (χ0) is 11.5. The molecule has 1 nitrogen and oxygen atoms in total. The van der Waals surface area contributed by atoms with Gasteiger partial charge in [-0.25, -0.2) is 0 Å². The van der Waals surface area contributed by atoms with E-state index < -0.39 is 0 Å². The second-order valence-corrected chi connectivity index (χ2v) is 5.59. The molecule has 0 fully saturated rings. The Labute approximate surface area is 93.9 Å². The van der Waals surface area contributed by atoms with Gasteiger partial charge >= 0.3 is 0 Å². The van der Waals surface area contributed by atoms with Crippen molar-refractivity contribution in [2.45, 2.75) is 41.2 Å². The van der Waals surface area contributed by atoms with Crippen molar-refractivity contribution in [3.8, 4) is 0 Å². The third-order valence-electron chi connectivity index (χ3n) is 2.47. The van der Waals surface area contributed by atoms with Crippen LogP contribution in [0.15, 0.2) is 18.2 Å². The Hall–Kier alpha value is -0.820. The molecule has 0 aromatic heterocycles. The first kappa shape index (κ1) is 12.3. The molecule has 1 heteroatoms. The van der Waals surface area contributed by atoms with Gasteiger partial charge in [-0.1, -0.05) is 44.5 Å². The lowest BCUT2D eigenvalue weighted by Gasteiger charge is -2.19. The number of hydrogen-bond acceptors (Lipinski definition) is 1. The lowest BCUT2D eigenvalue weighted by atomic mass is 9.96. The van der Waals surface area contributed by atoms with Crippen LogP contribution in [0.5, 0.6) is 0 Å². The zero-order valence-corrected chi connectivity index (χ0v) is 10.6. The quantitative estimate of drug-likeness (QED) is 0.797. The van der Waals surface area contributed by atoms with Gasteiger partial charge in [0.1, 0.15) is 0 Å². The molecule has 1 aromatic rings. The van der Waals surface area contributed by atoms with Crippen LogP contribution in [-0.4, -0.2) is 6.54 Å². The fraction of sp³-hybridized carbons (Fsp3) is 0.571. The van der Waals surface area contributed by atoms with Crippen LogP contribution in [-0.2, 0) is 6.54 Å². The number of nitrogens with one attached hydrogen (secondary N) is 1. The lowest BCUT2D eigenvalue weighted by molar-refractivity contribution is 0.379. The molecule has 0 radical (unpaired) electrons. The molecule has 0 unspecified atom stereocenters. The van der Waals surface area contributed by atoms with E-state index in [0.717, 1.165) is 13.1 Å². The second-order valence-electron chi connectivity index (χ2n) is 5.59. The Morgan fingerprint density at radius 1 is 1.13 bits per heavy atom. The van der Waals surface area contributed by atoms with E-state index in [-0.39, 0.29) is 0 Å². The maximum absolute atomic E-state index is 3.50. The van der Waals surface area contributed by atoms with Crippen molar-refractivity contribution in [1.82, 2.24) is 5.32 Å². The van der Waals surface area contributed by atoms with Gasteiger partial charge in [-0.3, -0.25) is 0 Å². The van der Waals surface area contributed by atoms with Gasteiger partial charge in [-0.2, -0.15) is 0 Å². The molecule has 1 aromatic carbocycles. The summed E-state index contributed by atoms with van der Waals surface area (Å²) in [5.74, 6) is 0. The predicted molar refractivity (Wildman–Crippen MR) is 67.1 cm³/mol. The van der Waals surface area contributed by atoms with Crippen LogP contribution in [0.4, 0.5) is 0 Å². The van der Waals surface area contributed by atoms with Gasteiger partial charge in [0.15, 0.2) is 0 Å². The normalized spacial score (nSPS) is 11.8. The molecule has 15 heavy (non-hydrogen) atoms. The number of hydrogen-bond donors (Lipinski definition) is 1. The van der Waals surface area contributed by atoms with E-state index in [2.05, 4.69) is 58.1 Å². The zero-order valence-electron chi connectivity index (χ0n) is 10.6. The average Bonchev–Trinajstić information content (AvgIpc) is 2.07. The summed E-state index contributed by atoms with van der Waals surface area (Å²) in [4.78, 5) is 0. The predicted octanol–water partition coefficient (Wildman–Crippen LogP) is 3.44. The third kappa shape index (κ3) is 4.48. The van der Waals surface area contributed by atoms with E-state index in [0.29, 0.717) is 5.41 Å². The molecule has 0 aliphatic carbocycles. The SMILES string of the molecule is Cc1ccc(CNCC(C)(C)C)c(C)c1. The van der Waals surface area contributed by atoms with Crippen LogP contribution in [0.3, 0.4) is 0 Å². The summed E-state index contributed by atoms with van der Waals surface area (Å²) in [5, 5.41) is 3.50. The minimum absolute atomic E-state index is 0.360. The third-order valence-corrected chi connectivity index (χ3v) is 2.47. The van der Waals surface area contributed by atoms with Gasteiger partial charge < -0.3 is 5.32 Å².